The number of thiophene rings is 1. The number of hydrogen-bond acceptors (Lipinski definition) is 7. The van der Waals surface area contributed by atoms with Crippen LogP contribution < -0.4 is 4.74 Å². The summed E-state index contributed by atoms with van der Waals surface area (Å²) >= 11 is 1.47. The average Bonchev–Trinajstić information content (AvgIpc) is 3.35. The lowest BCUT2D eigenvalue weighted by Gasteiger charge is -2.11. The molecule has 0 N–H and O–H groups in total. The van der Waals surface area contributed by atoms with Crippen molar-refractivity contribution in [3.05, 3.63) is 83.3 Å². The van der Waals surface area contributed by atoms with E-state index in [2.05, 4.69) is 9.97 Å². The Kier molecular flexibility index (Phi) is 6.41. The Hall–Kier alpha value is -3.58. The highest BCUT2D eigenvalue weighted by molar-refractivity contribution is 7.08. The Morgan fingerprint density at radius 1 is 0.867 bits per heavy atom. The van der Waals surface area contributed by atoms with Crippen molar-refractivity contribution in [2.45, 2.75) is 6.42 Å². The molecule has 0 bridgehead atoms. The number of esters is 1. The van der Waals surface area contributed by atoms with Crippen molar-refractivity contribution >= 4 is 17.3 Å². The maximum Gasteiger partial charge on any atom is 0.338 e. The molecule has 4 aromatic rings. The Morgan fingerprint density at radius 3 is 2.13 bits per heavy atom. The van der Waals surface area contributed by atoms with Crippen LogP contribution in [-0.2, 0) is 4.74 Å². The van der Waals surface area contributed by atoms with Gasteiger partial charge in [0.1, 0.15) is 5.75 Å². The summed E-state index contributed by atoms with van der Waals surface area (Å²) in [6.45, 7) is 0.699. The van der Waals surface area contributed by atoms with E-state index in [1.54, 1.807) is 23.8 Å². The van der Waals surface area contributed by atoms with E-state index in [4.69, 9.17) is 14.5 Å². The number of aromatic nitrogens is 3. The van der Waals surface area contributed by atoms with E-state index >= 15 is 0 Å². The van der Waals surface area contributed by atoms with E-state index in [1.807, 2.05) is 53.9 Å². The fraction of sp³-hybridized carbons (Fsp3) is 0.130. The highest BCUT2D eigenvalue weighted by atomic mass is 32.1. The minimum Gasteiger partial charge on any atom is -0.493 e. The van der Waals surface area contributed by atoms with Crippen molar-refractivity contribution in [1.82, 2.24) is 15.0 Å². The maximum absolute atomic E-state index is 11.9. The van der Waals surface area contributed by atoms with Crippen molar-refractivity contribution < 1.29 is 14.3 Å². The molecule has 4 rings (SSSR count). The summed E-state index contributed by atoms with van der Waals surface area (Å²) in [5.41, 5.74) is 3.50. The lowest BCUT2D eigenvalue weighted by molar-refractivity contribution is 0.0486. The first-order valence-corrected chi connectivity index (χ1v) is 10.4. The van der Waals surface area contributed by atoms with Crippen molar-refractivity contribution in [3.8, 4) is 28.5 Å². The van der Waals surface area contributed by atoms with E-state index in [-0.39, 0.29) is 5.97 Å². The fourth-order valence-corrected chi connectivity index (χ4v) is 3.38. The van der Waals surface area contributed by atoms with Gasteiger partial charge in [-0.15, -0.1) is 0 Å². The van der Waals surface area contributed by atoms with Crippen LogP contribution in [0.25, 0.3) is 22.8 Å². The van der Waals surface area contributed by atoms with E-state index in [9.17, 15) is 4.79 Å². The second kappa shape index (κ2) is 9.76. The monoisotopic (exact) mass is 417 g/mol. The number of pyridine rings is 3. The minimum absolute atomic E-state index is 0.292. The molecule has 7 heteroatoms. The summed E-state index contributed by atoms with van der Waals surface area (Å²) in [5, 5.41) is 3.62. The van der Waals surface area contributed by atoms with Gasteiger partial charge in [0, 0.05) is 36.3 Å². The van der Waals surface area contributed by atoms with E-state index in [0.717, 1.165) is 11.4 Å². The van der Waals surface area contributed by atoms with Crippen LogP contribution in [0.1, 0.15) is 16.8 Å². The van der Waals surface area contributed by atoms with Crippen LogP contribution in [0.4, 0.5) is 0 Å². The molecule has 150 valence electrons. The van der Waals surface area contributed by atoms with Gasteiger partial charge in [0.15, 0.2) is 0 Å². The Balaban J connectivity index is 1.43. The van der Waals surface area contributed by atoms with E-state index < -0.39 is 0 Å². The predicted molar refractivity (Wildman–Crippen MR) is 115 cm³/mol. The lowest BCUT2D eigenvalue weighted by Crippen LogP contribution is -2.08. The van der Waals surface area contributed by atoms with Gasteiger partial charge in [0.05, 0.1) is 41.6 Å². The zero-order valence-electron chi connectivity index (χ0n) is 16.1. The third-order valence-electron chi connectivity index (χ3n) is 4.20. The van der Waals surface area contributed by atoms with Crippen LogP contribution in [-0.4, -0.2) is 34.1 Å². The molecule has 4 aromatic heterocycles. The summed E-state index contributed by atoms with van der Waals surface area (Å²) in [4.78, 5) is 25.3. The molecule has 0 radical (unpaired) electrons. The normalized spacial score (nSPS) is 10.5. The number of nitrogens with zero attached hydrogens (tertiary/aromatic N) is 3. The smallest absolute Gasteiger partial charge is 0.338 e. The standard InChI is InChI=1S/C23H19N3O3S/c27-23(17-8-13-30-16-17)29-12-5-11-28-18-14-21(19-6-1-3-9-24-19)26-22(15-18)20-7-2-4-10-25-20/h1-4,6-10,13-16H,5,11-12H2. The molecule has 0 spiro atoms. The van der Waals surface area contributed by atoms with Crippen LogP contribution in [0.5, 0.6) is 5.75 Å². The highest BCUT2D eigenvalue weighted by Crippen LogP contribution is 2.26. The van der Waals surface area contributed by atoms with Gasteiger partial charge in [-0.05, 0) is 35.7 Å². The fourth-order valence-electron chi connectivity index (χ4n) is 2.76. The van der Waals surface area contributed by atoms with Crippen molar-refractivity contribution in [3.63, 3.8) is 0 Å². The van der Waals surface area contributed by atoms with E-state index in [0.29, 0.717) is 42.3 Å². The Bertz CT molecular complexity index is 1030. The third-order valence-corrected chi connectivity index (χ3v) is 4.88. The Morgan fingerprint density at radius 2 is 1.57 bits per heavy atom. The molecule has 0 aliphatic heterocycles. The van der Waals surface area contributed by atoms with Gasteiger partial charge < -0.3 is 9.47 Å². The summed E-state index contributed by atoms with van der Waals surface area (Å²) in [6.07, 6.45) is 4.04. The summed E-state index contributed by atoms with van der Waals surface area (Å²) in [7, 11) is 0. The first-order valence-electron chi connectivity index (χ1n) is 9.46. The van der Waals surface area contributed by atoms with Gasteiger partial charge in [-0.3, -0.25) is 9.97 Å². The van der Waals surface area contributed by atoms with Crippen molar-refractivity contribution in [2.24, 2.45) is 0 Å². The molecule has 0 unspecified atom stereocenters. The minimum atomic E-state index is -0.310. The van der Waals surface area contributed by atoms with Crippen molar-refractivity contribution in [2.75, 3.05) is 13.2 Å². The topological polar surface area (TPSA) is 74.2 Å². The number of carbonyl (C=O) groups excluding carboxylic acids is 1. The largest absolute Gasteiger partial charge is 0.493 e. The van der Waals surface area contributed by atoms with Gasteiger partial charge >= 0.3 is 5.97 Å². The first-order chi connectivity index (χ1) is 14.8. The molecule has 30 heavy (non-hydrogen) atoms. The molecule has 4 heterocycles. The molecule has 0 aromatic carbocycles. The van der Waals surface area contributed by atoms with Gasteiger partial charge in [-0.2, -0.15) is 11.3 Å². The van der Waals surface area contributed by atoms with Gasteiger partial charge in [-0.25, -0.2) is 9.78 Å². The van der Waals surface area contributed by atoms with Crippen LogP contribution >= 0.6 is 11.3 Å². The molecule has 0 amide bonds. The molecule has 0 aliphatic rings. The Labute approximate surface area is 178 Å². The predicted octanol–water partition coefficient (Wildman–Crippen LogP) is 4.89. The summed E-state index contributed by atoms with van der Waals surface area (Å²) < 4.78 is 11.2. The zero-order valence-corrected chi connectivity index (χ0v) is 16.9. The zero-order chi connectivity index (χ0) is 20.6. The second-order valence-electron chi connectivity index (χ2n) is 6.35. The van der Waals surface area contributed by atoms with Crippen LogP contribution in [0.15, 0.2) is 77.8 Å². The van der Waals surface area contributed by atoms with Crippen LogP contribution in [0.2, 0.25) is 0 Å². The molecule has 0 fully saturated rings. The molecule has 0 aliphatic carbocycles. The quantitative estimate of drug-likeness (QED) is 0.300. The SMILES string of the molecule is O=C(OCCCOc1cc(-c2ccccn2)nc(-c2ccccn2)c1)c1ccsc1. The van der Waals surface area contributed by atoms with Gasteiger partial charge in [0.2, 0.25) is 0 Å². The second-order valence-corrected chi connectivity index (χ2v) is 7.13. The number of ether oxygens (including phenoxy) is 2. The van der Waals surface area contributed by atoms with Gasteiger partial charge in [-0.1, -0.05) is 12.1 Å². The summed E-state index contributed by atoms with van der Waals surface area (Å²) in [6, 6.07) is 16.8. The number of carbonyl (C=O) groups is 1. The molecule has 6 nitrogen and oxygen atoms in total. The summed E-state index contributed by atoms with van der Waals surface area (Å²) in [5.74, 6) is 0.352. The molecule has 0 saturated carbocycles. The highest BCUT2D eigenvalue weighted by Gasteiger charge is 2.10. The maximum atomic E-state index is 11.9. The molecular weight excluding hydrogens is 398 g/mol. The third kappa shape index (κ3) is 5.07. The molecule has 0 atom stereocenters. The lowest BCUT2D eigenvalue weighted by atomic mass is 10.2. The van der Waals surface area contributed by atoms with Crippen LogP contribution in [0, 0.1) is 0 Å². The number of hydrogen-bond donors (Lipinski definition) is 0. The van der Waals surface area contributed by atoms with E-state index in [1.165, 1.54) is 11.3 Å². The average molecular weight is 417 g/mol. The molecular formula is C23H19N3O3S. The first kappa shape index (κ1) is 19.7. The van der Waals surface area contributed by atoms with Crippen molar-refractivity contribution in [1.29, 1.82) is 0 Å². The number of rotatable bonds is 8. The van der Waals surface area contributed by atoms with Crippen LogP contribution in [0.3, 0.4) is 0 Å². The molecule has 0 saturated heterocycles. The van der Waals surface area contributed by atoms with Gasteiger partial charge in [0.25, 0.3) is 0 Å².